The third-order valence-corrected chi connectivity index (χ3v) is 6.46. The van der Waals surface area contributed by atoms with Crippen molar-refractivity contribution in [1.82, 2.24) is 4.90 Å². The van der Waals surface area contributed by atoms with E-state index >= 15 is 0 Å². The first-order valence-corrected chi connectivity index (χ1v) is 9.86. The summed E-state index contributed by atoms with van der Waals surface area (Å²) in [6, 6.07) is 0.801. The number of likely N-dealkylation sites (tertiary alicyclic amines) is 1. The van der Waals surface area contributed by atoms with Gasteiger partial charge in [0.25, 0.3) is 0 Å². The molecule has 1 saturated heterocycles. The third-order valence-electron chi connectivity index (χ3n) is 6.46. The summed E-state index contributed by atoms with van der Waals surface area (Å²) in [7, 11) is 0. The van der Waals surface area contributed by atoms with E-state index in [0.717, 1.165) is 36.1 Å². The summed E-state index contributed by atoms with van der Waals surface area (Å²) in [6.45, 7) is 9.33. The molecule has 0 aromatic rings. The van der Waals surface area contributed by atoms with Gasteiger partial charge in [-0.3, -0.25) is 0 Å². The Labute approximate surface area is 142 Å². The Hall–Kier alpha value is -0.890. The van der Waals surface area contributed by atoms with Crippen LogP contribution in [0.15, 0.2) is 23.8 Å². The first kappa shape index (κ1) is 17.0. The number of allylic oxidation sites excluding steroid dienone is 3. The van der Waals surface area contributed by atoms with Crippen molar-refractivity contribution < 1.29 is 0 Å². The molecule has 2 fully saturated rings. The van der Waals surface area contributed by atoms with Crippen LogP contribution in [0.4, 0.5) is 0 Å². The Morgan fingerprint density at radius 3 is 2.39 bits per heavy atom. The fraction of sp³-hybridized carbons (Fsp3) is 0.762. The van der Waals surface area contributed by atoms with E-state index in [1.807, 2.05) is 0 Å². The number of nitrogens with one attached hydrogen (secondary N) is 1. The van der Waals surface area contributed by atoms with E-state index in [-0.39, 0.29) is 0 Å². The maximum Gasteiger partial charge on any atom is 0.0597 e. The van der Waals surface area contributed by atoms with Crippen molar-refractivity contribution >= 4 is 5.71 Å². The molecule has 2 nitrogen and oxygen atoms in total. The molecule has 0 radical (unpaired) electrons. The molecule has 128 valence electrons. The number of rotatable bonds is 4. The lowest BCUT2D eigenvalue weighted by molar-refractivity contribution is 0.103. The molecule has 0 amide bonds. The quantitative estimate of drug-likeness (QED) is 0.695. The average molecular weight is 315 g/mol. The highest BCUT2D eigenvalue weighted by Crippen LogP contribution is 2.35. The highest BCUT2D eigenvalue weighted by atomic mass is 15.2. The van der Waals surface area contributed by atoms with Crippen LogP contribution in [-0.4, -0.2) is 29.7 Å². The number of hydrogen-bond acceptors (Lipinski definition) is 2. The minimum Gasteiger partial charge on any atom is -0.300 e. The standard InChI is InChI=1S/C21H34N2/c1-16-12-14-23(15-13-16)20-10-8-18(9-11-20)17(2)21(22)19-6-4-3-5-7-19/h6,16,18,20,22H,2-5,7-15H2,1H3. The van der Waals surface area contributed by atoms with Crippen molar-refractivity contribution in [2.45, 2.75) is 77.2 Å². The Balaban J connectivity index is 1.49. The van der Waals surface area contributed by atoms with Crippen molar-refractivity contribution in [3.63, 3.8) is 0 Å². The zero-order valence-electron chi connectivity index (χ0n) is 14.9. The van der Waals surface area contributed by atoms with Crippen molar-refractivity contribution in [2.24, 2.45) is 11.8 Å². The van der Waals surface area contributed by atoms with Crippen molar-refractivity contribution in [1.29, 1.82) is 5.41 Å². The predicted octanol–water partition coefficient (Wildman–Crippen LogP) is 5.35. The molecule has 0 spiro atoms. The molecule has 2 heteroatoms. The number of hydrogen-bond donors (Lipinski definition) is 1. The molecule has 1 heterocycles. The van der Waals surface area contributed by atoms with Gasteiger partial charge in [0.2, 0.25) is 0 Å². The molecule has 2 aliphatic carbocycles. The minimum atomic E-state index is 0.560. The van der Waals surface area contributed by atoms with Gasteiger partial charge in [-0.15, -0.1) is 0 Å². The topological polar surface area (TPSA) is 27.1 Å². The maximum absolute atomic E-state index is 8.52. The van der Waals surface area contributed by atoms with Crippen LogP contribution >= 0.6 is 0 Å². The van der Waals surface area contributed by atoms with Gasteiger partial charge in [0.1, 0.15) is 0 Å². The fourth-order valence-corrected chi connectivity index (χ4v) is 4.66. The smallest absolute Gasteiger partial charge is 0.0597 e. The van der Waals surface area contributed by atoms with E-state index in [1.165, 1.54) is 70.0 Å². The van der Waals surface area contributed by atoms with E-state index in [0.29, 0.717) is 5.92 Å². The van der Waals surface area contributed by atoms with Crippen molar-refractivity contribution in [3.05, 3.63) is 23.8 Å². The second-order valence-corrected chi connectivity index (χ2v) is 8.10. The Bertz CT molecular complexity index is 460. The van der Waals surface area contributed by atoms with Crippen molar-refractivity contribution in [2.75, 3.05) is 13.1 Å². The Morgan fingerprint density at radius 2 is 1.78 bits per heavy atom. The summed E-state index contributed by atoms with van der Waals surface area (Å²) < 4.78 is 0. The predicted molar refractivity (Wildman–Crippen MR) is 99.1 cm³/mol. The molecule has 0 unspecified atom stereocenters. The second kappa shape index (κ2) is 7.79. The van der Waals surface area contributed by atoms with Crippen LogP contribution in [0.3, 0.4) is 0 Å². The molecule has 0 bridgehead atoms. The summed E-state index contributed by atoms with van der Waals surface area (Å²) >= 11 is 0. The van der Waals surface area contributed by atoms with Crippen LogP contribution in [0, 0.1) is 17.2 Å². The van der Waals surface area contributed by atoms with Gasteiger partial charge in [-0.1, -0.05) is 19.6 Å². The fourth-order valence-electron chi connectivity index (χ4n) is 4.66. The van der Waals surface area contributed by atoms with E-state index in [4.69, 9.17) is 5.41 Å². The summed E-state index contributed by atoms with van der Waals surface area (Å²) in [4.78, 5) is 2.74. The van der Waals surface area contributed by atoms with Gasteiger partial charge in [0.15, 0.2) is 0 Å². The summed E-state index contributed by atoms with van der Waals surface area (Å²) in [6.07, 6.45) is 15.0. The lowest BCUT2D eigenvalue weighted by Gasteiger charge is -2.40. The average Bonchev–Trinajstić information content (AvgIpc) is 2.62. The van der Waals surface area contributed by atoms with Gasteiger partial charge < -0.3 is 10.3 Å². The molecule has 0 atom stereocenters. The van der Waals surface area contributed by atoms with Crippen LogP contribution in [0.25, 0.3) is 0 Å². The normalized spacial score (nSPS) is 30.7. The molecule has 3 rings (SSSR count). The van der Waals surface area contributed by atoms with E-state index in [2.05, 4.69) is 24.5 Å². The van der Waals surface area contributed by atoms with E-state index in [9.17, 15) is 0 Å². The molecule has 0 aromatic heterocycles. The monoisotopic (exact) mass is 314 g/mol. The van der Waals surface area contributed by atoms with Crippen LogP contribution in [0.1, 0.15) is 71.1 Å². The minimum absolute atomic E-state index is 0.560. The zero-order chi connectivity index (χ0) is 16.2. The molecule has 1 saturated carbocycles. The second-order valence-electron chi connectivity index (χ2n) is 8.10. The Kier molecular flexibility index (Phi) is 5.74. The maximum atomic E-state index is 8.52. The summed E-state index contributed by atoms with van der Waals surface area (Å²) in [5, 5.41) is 8.52. The molecule has 23 heavy (non-hydrogen) atoms. The number of piperidine rings is 1. The van der Waals surface area contributed by atoms with Gasteiger partial charge in [-0.2, -0.15) is 0 Å². The van der Waals surface area contributed by atoms with Gasteiger partial charge in [0.05, 0.1) is 5.71 Å². The van der Waals surface area contributed by atoms with Gasteiger partial charge >= 0.3 is 0 Å². The summed E-state index contributed by atoms with van der Waals surface area (Å²) in [5.74, 6) is 1.48. The van der Waals surface area contributed by atoms with E-state index < -0.39 is 0 Å². The molecule has 0 aromatic carbocycles. The van der Waals surface area contributed by atoms with Crippen LogP contribution in [-0.2, 0) is 0 Å². The van der Waals surface area contributed by atoms with E-state index in [1.54, 1.807) is 0 Å². The molecule has 1 aliphatic heterocycles. The van der Waals surface area contributed by atoms with Gasteiger partial charge in [-0.25, -0.2) is 0 Å². The van der Waals surface area contributed by atoms with Crippen LogP contribution in [0.5, 0.6) is 0 Å². The first-order chi connectivity index (χ1) is 11.1. The highest BCUT2D eigenvalue weighted by Gasteiger charge is 2.30. The lowest BCUT2D eigenvalue weighted by atomic mass is 9.77. The summed E-state index contributed by atoms with van der Waals surface area (Å²) in [5.41, 5.74) is 3.18. The largest absolute Gasteiger partial charge is 0.300 e. The van der Waals surface area contributed by atoms with Crippen LogP contribution < -0.4 is 0 Å². The molecule has 1 N–H and O–H groups in total. The van der Waals surface area contributed by atoms with Crippen molar-refractivity contribution in [3.8, 4) is 0 Å². The van der Waals surface area contributed by atoms with Gasteiger partial charge in [-0.05, 0) is 100 Å². The van der Waals surface area contributed by atoms with Crippen LogP contribution in [0.2, 0.25) is 0 Å². The third kappa shape index (κ3) is 4.15. The molecular formula is C21H34N2. The van der Waals surface area contributed by atoms with Gasteiger partial charge in [0, 0.05) is 6.04 Å². The zero-order valence-corrected chi connectivity index (χ0v) is 14.9. The number of nitrogens with zero attached hydrogens (tertiary/aromatic N) is 1. The Morgan fingerprint density at radius 1 is 1.09 bits per heavy atom. The lowest BCUT2D eigenvalue weighted by Crippen LogP contribution is -2.43. The molecule has 3 aliphatic rings. The molecular weight excluding hydrogens is 280 g/mol. The SMILES string of the molecule is C=C(C(=N)C1=CCCCC1)C1CCC(N2CCC(C)CC2)CC1. The highest BCUT2D eigenvalue weighted by molar-refractivity contribution is 6.10. The first-order valence-electron chi connectivity index (χ1n) is 9.86.